The molecule has 0 atom stereocenters. The number of likely N-dealkylation sites (tertiary alicyclic amines) is 1. The number of aliphatic hydroxyl groups is 1. The van der Waals surface area contributed by atoms with Crippen LogP contribution in [0.15, 0.2) is 48.5 Å². The smallest absolute Gasteiger partial charge is 0.178 e. The SMILES string of the molecule is OC1(C#CCN2CCCC2)c2ccccc2C=Cc2ccccc21. The molecule has 120 valence electrons. The molecular weight excluding hydrogens is 294 g/mol. The molecule has 0 amide bonds. The van der Waals surface area contributed by atoms with Crippen LogP contribution in [0, 0.1) is 11.8 Å². The predicted octanol–water partition coefficient (Wildman–Crippen LogP) is 3.51. The number of benzene rings is 2. The highest BCUT2D eigenvalue weighted by molar-refractivity contribution is 5.78. The van der Waals surface area contributed by atoms with E-state index in [1.165, 1.54) is 12.8 Å². The molecule has 0 saturated carbocycles. The third-order valence-electron chi connectivity index (χ3n) is 4.91. The van der Waals surface area contributed by atoms with Gasteiger partial charge in [0.2, 0.25) is 0 Å². The highest BCUT2D eigenvalue weighted by Gasteiger charge is 2.34. The average Bonchev–Trinajstić information content (AvgIpc) is 3.09. The Balaban J connectivity index is 1.80. The van der Waals surface area contributed by atoms with Crippen LogP contribution in [-0.2, 0) is 5.60 Å². The van der Waals surface area contributed by atoms with Crippen LogP contribution in [0.5, 0.6) is 0 Å². The molecule has 2 heteroatoms. The zero-order valence-electron chi connectivity index (χ0n) is 13.7. The van der Waals surface area contributed by atoms with Crippen LogP contribution in [0.4, 0.5) is 0 Å². The summed E-state index contributed by atoms with van der Waals surface area (Å²) in [6.07, 6.45) is 6.63. The summed E-state index contributed by atoms with van der Waals surface area (Å²) >= 11 is 0. The van der Waals surface area contributed by atoms with Crippen LogP contribution in [0.1, 0.15) is 35.1 Å². The summed E-state index contributed by atoms with van der Waals surface area (Å²) in [6, 6.07) is 15.9. The van der Waals surface area contributed by atoms with Gasteiger partial charge < -0.3 is 5.11 Å². The molecule has 2 aromatic carbocycles. The topological polar surface area (TPSA) is 23.5 Å². The summed E-state index contributed by atoms with van der Waals surface area (Å²) in [4.78, 5) is 2.35. The van der Waals surface area contributed by atoms with Crippen molar-refractivity contribution in [3.63, 3.8) is 0 Å². The first-order chi connectivity index (χ1) is 11.8. The van der Waals surface area contributed by atoms with Crippen molar-refractivity contribution in [2.45, 2.75) is 18.4 Å². The van der Waals surface area contributed by atoms with Gasteiger partial charge >= 0.3 is 0 Å². The van der Waals surface area contributed by atoms with Gasteiger partial charge in [0.25, 0.3) is 0 Å². The summed E-state index contributed by atoms with van der Waals surface area (Å²) in [5, 5.41) is 11.6. The Morgan fingerprint density at radius 1 is 0.875 bits per heavy atom. The molecule has 2 nitrogen and oxygen atoms in total. The second kappa shape index (κ2) is 6.28. The maximum absolute atomic E-state index is 11.6. The van der Waals surface area contributed by atoms with Gasteiger partial charge in [-0.1, -0.05) is 72.5 Å². The van der Waals surface area contributed by atoms with Crippen LogP contribution < -0.4 is 0 Å². The lowest BCUT2D eigenvalue weighted by molar-refractivity contribution is 0.145. The van der Waals surface area contributed by atoms with Crippen LogP contribution >= 0.6 is 0 Å². The molecule has 1 saturated heterocycles. The van der Waals surface area contributed by atoms with E-state index in [1.807, 2.05) is 48.5 Å². The molecule has 1 fully saturated rings. The van der Waals surface area contributed by atoms with E-state index in [1.54, 1.807) is 0 Å². The Morgan fingerprint density at radius 2 is 1.42 bits per heavy atom. The lowest BCUT2D eigenvalue weighted by Crippen LogP contribution is -2.27. The molecule has 1 N–H and O–H groups in total. The zero-order valence-corrected chi connectivity index (χ0v) is 13.7. The lowest BCUT2D eigenvalue weighted by atomic mass is 9.83. The maximum Gasteiger partial charge on any atom is 0.178 e. The van der Waals surface area contributed by atoms with E-state index in [-0.39, 0.29) is 0 Å². The van der Waals surface area contributed by atoms with Gasteiger partial charge in [0.1, 0.15) is 0 Å². The van der Waals surface area contributed by atoms with Gasteiger partial charge in [-0.2, -0.15) is 0 Å². The van der Waals surface area contributed by atoms with Gasteiger partial charge in [0.15, 0.2) is 5.60 Å². The van der Waals surface area contributed by atoms with E-state index in [9.17, 15) is 5.11 Å². The third kappa shape index (κ3) is 2.67. The molecule has 24 heavy (non-hydrogen) atoms. The molecule has 0 aromatic heterocycles. The van der Waals surface area contributed by atoms with Crippen molar-refractivity contribution in [2.24, 2.45) is 0 Å². The second-order valence-corrected chi connectivity index (χ2v) is 6.50. The van der Waals surface area contributed by atoms with Gasteiger partial charge in [-0.25, -0.2) is 0 Å². The molecule has 0 spiro atoms. The van der Waals surface area contributed by atoms with E-state index in [2.05, 4.69) is 28.9 Å². The molecule has 1 aliphatic carbocycles. The third-order valence-corrected chi connectivity index (χ3v) is 4.91. The Hall–Kier alpha value is -2.34. The van der Waals surface area contributed by atoms with Crippen molar-refractivity contribution < 1.29 is 5.11 Å². The monoisotopic (exact) mass is 315 g/mol. The minimum Gasteiger partial charge on any atom is -0.369 e. The second-order valence-electron chi connectivity index (χ2n) is 6.50. The molecule has 0 bridgehead atoms. The molecule has 2 aliphatic rings. The summed E-state index contributed by atoms with van der Waals surface area (Å²) in [7, 11) is 0. The Morgan fingerprint density at radius 3 is 2.00 bits per heavy atom. The van der Waals surface area contributed by atoms with E-state index >= 15 is 0 Å². The average molecular weight is 315 g/mol. The quantitative estimate of drug-likeness (QED) is 0.814. The molecule has 2 aromatic rings. The van der Waals surface area contributed by atoms with Crippen LogP contribution in [0.2, 0.25) is 0 Å². The van der Waals surface area contributed by atoms with Gasteiger partial charge in [-0.3, -0.25) is 4.90 Å². The number of hydrogen-bond acceptors (Lipinski definition) is 2. The first-order valence-electron chi connectivity index (χ1n) is 8.59. The van der Waals surface area contributed by atoms with Gasteiger partial charge in [-0.05, 0) is 37.1 Å². The molecule has 0 radical (unpaired) electrons. The molecule has 4 rings (SSSR count). The standard InChI is InChI=1S/C22H21NO/c24-22(14-7-17-23-15-5-6-16-23)20-10-3-1-8-18(20)12-13-19-9-2-4-11-21(19)22/h1-4,8-13,24H,5-6,15-17H2. The summed E-state index contributed by atoms with van der Waals surface area (Å²) in [5.74, 6) is 6.45. The normalized spacial score (nSPS) is 18.2. The minimum atomic E-state index is -1.27. The van der Waals surface area contributed by atoms with Crippen molar-refractivity contribution in [2.75, 3.05) is 19.6 Å². The van der Waals surface area contributed by atoms with Gasteiger partial charge in [-0.15, -0.1) is 0 Å². The number of hydrogen-bond donors (Lipinski definition) is 1. The van der Waals surface area contributed by atoms with Crippen molar-refractivity contribution in [3.05, 3.63) is 70.8 Å². The van der Waals surface area contributed by atoms with Crippen molar-refractivity contribution in [3.8, 4) is 11.8 Å². The van der Waals surface area contributed by atoms with Crippen molar-refractivity contribution in [1.29, 1.82) is 0 Å². The Bertz CT molecular complexity index is 785. The Labute approximate surface area is 143 Å². The molecule has 1 heterocycles. The van der Waals surface area contributed by atoms with Crippen molar-refractivity contribution >= 4 is 12.2 Å². The minimum absolute atomic E-state index is 0.722. The summed E-state index contributed by atoms with van der Waals surface area (Å²) in [6.45, 7) is 2.95. The predicted molar refractivity (Wildman–Crippen MR) is 98.3 cm³/mol. The van der Waals surface area contributed by atoms with E-state index < -0.39 is 5.60 Å². The fraction of sp³-hybridized carbons (Fsp3) is 0.273. The molecular formula is C22H21NO. The van der Waals surface area contributed by atoms with E-state index in [0.717, 1.165) is 41.9 Å². The fourth-order valence-corrected chi connectivity index (χ4v) is 3.62. The van der Waals surface area contributed by atoms with Gasteiger partial charge in [0.05, 0.1) is 6.54 Å². The lowest BCUT2D eigenvalue weighted by Gasteiger charge is -2.25. The van der Waals surface area contributed by atoms with E-state index in [4.69, 9.17) is 0 Å². The number of fused-ring (bicyclic) bond motifs is 2. The zero-order chi connectivity index (χ0) is 16.4. The highest BCUT2D eigenvalue weighted by atomic mass is 16.3. The largest absolute Gasteiger partial charge is 0.369 e. The molecule has 0 unspecified atom stereocenters. The van der Waals surface area contributed by atoms with Crippen LogP contribution in [0.25, 0.3) is 12.2 Å². The molecule has 1 aliphatic heterocycles. The summed E-state index contributed by atoms with van der Waals surface area (Å²) in [5.41, 5.74) is 2.50. The Kier molecular flexibility index (Phi) is 3.98. The van der Waals surface area contributed by atoms with Crippen LogP contribution in [0.3, 0.4) is 0 Å². The fourth-order valence-electron chi connectivity index (χ4n) is 3.62. The highest BCUT2D eigenvalue weighted by Crippen LogP contribution is 2.37. The maximum atomic E-state index is 11.6. The first kappa shape index (κ1) is 15.2. The van der Waals surface area contributed by atoms with E-state index in [0.29, 0.717) is 0 Å². The summed E-state index contributed by atoms with van der Waals surface area (Å²) < 4.78 is 0. The number of nitrogens with zero attached hydrogens (tertiary/aromatic N) is 1. The number of rotatable bonds is 1. The van der Waals surface area contributed by atoms with Crippen molar-refractivity contribution in [1.82, 2.24) is 4.90 Å². The van der Waals surface area contributed by atoms with Gasteiger partial charge in [0, 0.05) is 11.1 Å². The first-order valence-corrected chi connectivity index (χ1v) is 8.59. The van der Waals surface area contributed by atoms with Crippen LogP contribution in [-0.4, -0.2) is 29.6 Å².